The summed E-state index contributed by atoms with van der Waals surface area (Å²) in [4.78, 5) is 14.2. The maximum absolute atomic E-state index is 12.4. The quantitative estimate of drug-likeness (QED) is 0.868. The van der Waals surface area contributed by atoms with Gasteiger partial charge in [0, 0.05) is 25.2 Å². The van der Waals surface area contributed by atoms with Crippen molar-refractivity contribution < 1.29 is 9.21 Å². The van der Waals surface area contributed by atoms with Crippen LogP contribution in [0.2, 0.25) is 0 Å². The van der Waals surface area contributed by atoms with Crippen LogP contribution < -0.4 is 5.73 Å². The van der Waals surface area contributed by atoms with E-state index in [1.165, 1.54) is 0 Å². The highest BCUT2D eigenvalue weighted by Gasteiger charge is 2.29. The first kappa shape index (κ1) is 12.0. The maximum Gasteiger partial charge on any atom is 0.274 e. The Kier molecular flexibility index (Phi) is 3.08. The predicted octanol–water partition coefficient (Wildman–Crippen LogP) is 1.23. The van der Waals surface area contributed by atoms with Crippen LogP contribution in [0.1, 0.15) is 23.3 Å². The molecular weight excluding hydrogens is 244 g/mol. The molecule has 0 aromatic carbocycles. The summed E-state index contributed by atoms with van der Waals surface area (Å²) in [6, 6.07) is 5.46. The SMILES string of the molecule is NCC1CCCN1C(=O)c1cc(-c2ccco2)[nH]n1. The van der Waals surface area contributed by atoms with Crippen LogP contribution in [0, 0.1) is 0 Å². The van der Waals surface area contributed by atoms with E-state index in [1.807, 2.05) is 11.0 Å². The summed E-state index contributed by atoms with van der Waals surface area (Å²) >= 11 is 0. The summed E-state index contributed by atoms with van der Waals surface area (Å²) < 4.78 is 5.26. The average Bonchev–Trinajstić information content (AvgIpc) is 3.16. The molecule has 1 fully saturated rings. The molecule has 2 aromatic heterocycles. The van der Waals surface area contributed by atoms with Crippen LogP contribution in [0.25, 0.3) is 11.5 Å². The number of hydrogen-bond donors (Lipinski definition) is 2. The van der Waals surface area contributed by atoms with Crippen molar-refractivity contribution >= 4 is 5.91 Å². The number of nitrogens with zero attached hydrogens (tertiary/aromatic N) is 2. The number of aromatic amines is 1. The Labute approximate surface area is 110 Å². The first-order valence-electron chi connectivity index (χ1n) is 6.40. The summed E-state index contributed by atoms with van der Waals surface area (Å²) in [6.07, 6.45) is 3.56. The van der Waals surface area contributed by atoms with Crippen LogP contribution in [0.15, 0.2) is 28.9 Å². The van der Waals surface area contributed by atoms with Crippen LogP contribution in [-0.2, 0) is 0 Å². The van der Waals surface area contributed by atoms with Crippen molar-refractivity contribution in [2.24, 2.45) is 5.73 Å². The average molecular weight is 260 g/mol. The number of H-pyrrole nitrogens is 1. The van der Waals surface area contributed by atoms with Gasteiger partial charge in [-0.1, -0.05) is 0 Å². The molecule has 0 bridgehead atoms. The van der Waals surface area contributed by atoms with E-state index in [2.05, 4.69) is 10.2 Å². The first-order valence-corrected chi connectivity index (χ1v) is 6.40. The van der Waals surface area contributed by atoms with Crippen LogP contribution in [0.3, 0.4) is 0 Å². The minimum atomic E-state index is -0.0676. The van der Waals surface area contributed by atoms with Gasteiger partial charge in [-0.25, -0.2) is 0 Å². The predicted molar refractivity (Wildman–Crippen MR) is 69.4 cm³/mol. The molecule has 2 aromatic rings. The number of hydrogen-bond acceptors (Lipinski definition) is 4. The van der Waals surface area contributed by atoms with Crippen LogP contribution in [-0.4, -0.2) is 40.1 Å². The van der Waals surface area contributed by atoms with Gasteiger partial charge in [0.2, 0.25) is 0 Å². The molecule has 0 radical (unpaired) electrons. The Morgan fingerprint density at radius 3 is 3.26 bits per heavy atom. The highest BCUT2D eigenvalue weighted by atomic mass is 16.3. The largest absolute Gasteiger partial charge is 0.463 e. The third-order valence-electron chi connectivity index (χ3n) is 3.49. The highest BCUT2D eigenvalue weighted by molar-refractivity contribution is 5.93. The summed E-state index contributed by atoms with van der Waals surface area (Å²) in [5, 5.41) is 6.89. The second kappa shape index (κ2) is 4.89. The van der Waals surface area contributed by atoms with Gasteiger partial charge in [0.25, 0.3) is 5.91 Å². The fraction of sp³-hybridized carbons (Fsp3) is 0.385. The van der Waals surface area contributed by atoms with Gasteiger partial charge in [-0.3, -0.25) is 9.89 Å². The van der Waals surface area contributed by atoms with Crippen molar-refractivity contribution in [2.45, 2.75) is 18.9 Å². The minimum Gasteiger partial charge on any atom is -0.463 e. The van der Waals surface area contributed by atoms with E-state index < -0.39 is 0 Å². The summed E-state index contributed by atoms with van der Waals surface area (Å²) in [5.74, 6) is 0.602. The topological polar surface area (TPSA) is 88.1 Å². The Hall–Kier alpha value is -2.08. The smallest absolute Gasteiger partial charge is 0.274 e. The zero-order valence-electron chi connectivity index (χ0n) is 10.5. The highest BCUT2D eigenvalue weighted by Crippen LogP contribution is 2.22. The monoisotopic (exact) mass is 260 g/mol. The molecule has 1 unspecified atom stereocenters. The molecule has 100 valence electrons. The zero-order valence-corrected chi connectivity index (χ0v) is 10.5. The fourth-order valence-corrected chi connectivity index (χ4v) is 2.48. The second-order valence-electron chi connectivity index (χ2n) is 4.67. The van der Waals surface area contributed by atoms with Crippen molar-refractivity contribution in [1.82, 2.24) is 15.1 Å². The second-order valence-corrected chi connectivity index (χ2v) is 4.67. The van der Waals surface area contributed by atoms with Crippen molar-refractivity contribution in [1.29, 1.82) is 0 Å². The van der Waals surface area contributed by atoms with Gasteiger partial charge < -0.3 is 15.1 Å². The van der Waals surface area contributed by atoms with Gasteiger partial charge in [-0.15, -0.1) is 0 Å². The van der Waals surface area contributed by atoms with E-state index in [4.69, 9.17) is 10.2 Å². The molecule has 0 spiro atoms. The molecule has 1 aliphatic heterocycles. The van der Waals surface area contributed by atoms with E-state index in [-0.39, 0.29) is 11.9 Å². The molecule has 6 nitrogen and oxygen atoms in total. The van der Waals surface area contributed by atoms with Gasteiger partial charge in [-0.05, 0) is 25.0 Å². The fourth-order valence-electron chi connectivity index (χ4n) is 2.48. The number of rotatable bonds is 3. The van der Waals surface area contributed by atoms with Crippen molar-refractivity contribution in [2.75, 3.05) is 13.1 Å². The maximum atomic E-state index is 12.4. The zero-order chi connectivity index (χ0) is 13.2. The molecular formula is C13H16N4O2. The van der Waals surface area contributed by atoms with Crippen LogP contribution in [0.4, 0.5) is 0 Å². The minimum absolute atomic E-state index is 0.0676. The Bertz CT molecular complexity index is 561. The van der Waals surface area contributed by atoms with E-state index in [0.29, 0.717) is 23.7 Å². The van der Waals surface area contributed by atoms with E-state index in [1.54, 1.807) is 18.4 Å². The van der Waals surface area contributed by atoms with Gasteiger partial charge in [-0.2, -0.15) is 5.10 Å². The molecule has 19 heavy (non-hydrogen) atoms. The van der Waals surface area contributed by atoms with E-state index in [9.17, 15) is 4.79 Å². The number of amides is 1. The molecule has 0 saturated carbocycles. The number of nitrogens with one attached hydrogen (secondary N) is 1. The molecule has 1 atom stereocenters. The summed E-state index contributed by atoms with van der Waals surface area (Å²) in [5.41, 5.74) is 6.80. The lowest BCUT2D eigenvalue weighted by Gasteiger charge is -2.22. The lowest BCUT2D eigenvalue weighted by Crippen LogP contribution is -2.40. The third-order valence-corrected chi connectivity index (χ3v) is 3.49. The van der Waals surface area contributed by atoms with Gasteiger partial charge in [0.1, 0.15) is 5.69 Å². The lowest BCUT2D eigenvalue weighted by atomic mass is 10.2. The van der Waals surface area contributed by atoms with Crippen molar-refractivity contribution in [3.05, 3.63) is 30.2 Å². The van der Waals surface area contributed by atoms with E-state index in [0.717, 1.165) is 19.4 Å². The van der Waals surface area contributed by atoms with Gasteiger partial charge in [0.15, 0.2) is 11.5 Å². The standard InChI is InChI=1S/C13H16N4O2/c14-8-9-3-1-5-17(9)13(18)11-7-10(15-16-11)12-4-2-6-19-12/h2,4,6-7,9H,1,3,5,8,14H2,(H,15,16). The molecule has 1 amide bonds. The number of carbonyl (C=O) groups excluding carboxylic acids is 1. The van der Waals surface area contributed by atoms with Crippen molar-refractivity contribution in [3.63, 3.8) is 0 Å². The molecule has 6 heteroatoms. The molecule has 0 aliphatic carbocycles. The van der Waals surface area contributed by atoms with Gasteiger partial charge >= 0.3 is 0 Å². The van der Waals surface area contributed by atoms with Crippen molar-refractivity contribution in [3.8, 4) is 11.5 Å². The Balaban J connectivity index is 1.81. The molecule has 1 saturated heterocycles. The van der Waals surface area contributed by atoms with Crippen LogP contribution >= 0.6 is 0 Å². The first-order chi connectivity index (χ1) is 9.29. The molecule has 3 heterocycles. The molecule has 1 aliphatic rings. The van der Waals surface area contributed by atoms with Crippen LogP contribution in [0.5, 0.6) is 0 Å². The summed E-state index contributed by atoms with van der Waals surface area (Å²) in [6.45, 7) is 1.25. The third kappa shape index (κ3) is 2.15. The van der Waals surface area contributed by atoms with E-state index >= 15 is 0 Å². The normalized spacial score (nSPS) is 19.0. The Morgan fingerprint density at radius 1 is 1.63 bits per heavy atom. The lowest BCUT2D eigenvalue weighted by molar-refractivity contribution is 0.0735. The summed E-state index contributed by atoms with van der Waals surface area (Å²) in [7, 11) is 0. The number of likely N-dealkylation sites (tertiary alicyclic amines) is 1. The van der Waals surface area contributed by atoms with Gasteiger partial charge in [0.05, 0.1) is 6.26 Å². The number of aromatic nitrogens is 2. The Morgan fingerprint density at radius 2 is 2.53 bits per heavy atom. The molecule has 3 N–H and O–H groups in total. The molecule has 3 rings (SSSR count). The number of furan rings is 1. The number of nitrogens with two attached hydrogens (primary N) is 1. The number of carbonyl (C=O) groups is 1.